The molecule has 1 saturated heterocycles. The molecule has 18 heavy (non-hydrogen) atoms. The van der Waals surface area contributed by atoms with Crippen LogP contribution in [0, 0.1) is 0 Å². The van der Waals surface area contributed by atoms with Crippen molar-refractivity contribution >= 4 is 0 Å². The van der Waals surface area contributed by atoms with Crippen molar-refractivity contribution in [1.29, 1.82) is 0 Å². The number of hydrogen-bond donors (Lipinski definition) is 1. The molecule has 2 atom stereocenters. The van der Waals surface area contributed by atoms with Crippen LogP contribution in [0.3, 0.4) is 0 Å². The highest BCUT2D eigenvalue weighted by Gasteiger charge is 2.26. The van der Waals surface area contributed by atoms with Crippen molar-refractivity contribution in [2.45, 2.75) is 12.2 Å². The van der Waals surface area contributed by atoms with E-state index in [1.54, 1.807) is 0 Å². The highest BCUT2D eigenvalue weighted by Crippen LogP contribution is 2.09. The Kier molecular flexibility index (Phi) is 5.55. The molecule has 1 rings (SSSR count). The predicted molar refractivity (Wildman–Crippen MR) is 71.3 cm³/mol. The van der Waals surface area contributed by atoms with Gasteiger partial charge in [0.15, 0.2) is 6.10 Å². The molecule has 0 aromatic carbocycles. The van der Waals surface area contributed by atoms with Gasteiger partial charge in [-0.15, -0.1) is 0 Å². The first-order chi connectivity index (χ1) is 8.18. The minimum absolute atomic E-state index is 0.272. The van der Waals surface area contributed by atoms with Crippen LogP contribution in [-0.2, 0) is 9.47 Å². The zero-order valence-corrected chi connectivity index (χ0v) is 12.6. The number of aliphatic hydroxyl groups excluding tert-OH is 1. The SMILES string of the molecule is C[N+](C)(C)CC(O)C[N+](C)(C)CCOCC1CO1. The van der Waals surface area contributed by atoms with Crippen molar-refractivity contribution in [3.8, 4) is 0 Å². The van der Waals surface area contributed by atoms with E-state index in [2.05, 4.69) is 35.2 Å². The van der Waals surface area contributed by atoms with Crippen LogP contribution in [0.15, 0.2) is 0 Å². The maximum Gasteiger partial charge on any atom is 0.152 e. The number of quaternary nitrogens is 2. The van der Waals surface area contributed by atoms with Gasteiger partial charge in [-0.1, -0.05) is 0 Å². The maximum absolute atomic E-state index is 10.1. The first-order valence-electron chi connectivity index (χ1n) is 6.68. The van der Waals surface area contributed by atoms with E-state index in [9.17, 15) is 5.11 Å². The van der Waals surface area contributed by atoms with E-state index < -0.39 is 0 Å². The lowest BCUT2D eigenvalue weighted by atomic mass is 10.2. The zero-order chi connectivity index (χ0) is 13.8. The molecule has 1 aliphatic heterocycles. The molecule has 0 aromatic heterocycles. The van der Waals surface area contributed by atoms with Crippen molar-refractivity contribution in [1.82, 2.24) is 0 Å². The van der Waals surface area contributed by atoms with Gasteiger partial charge in [0.05, 0.1) is 55.1 Å². The lowest BCUT2D eigenvalue weighted by Gasteiger charge is -2.34. The number of aliphatic hydroxyl groups is 1. The van der Waals surface area contributed by atoms with Crippen LogP contribution < -0.4 is 0 Å². The Labute approximate surface area is 111 Å². The molecule has 1 fully saturated rings. The monoisotopic (exact) mass is 262 g/mol. The standard InChI is InChI=1S/C13H30N2O3/c1-14(2,3)8-12(16)9-15(4,5)6-7-17-10-13-11-18-13/h12-13,16H,6-11H2,1-5H3/q+2. The Hall–Kier alpha value is -0.200. The van der Waals surface area contributed by atoms with Gasteiger partial charge in [0.25, 0.3) is 0 Å². The molecule has 0 bridgehead atoms. The van der Waals surface area contributed by atoms with Crippen molar-refractivity contribution in [2.24, 2.45) is 0 Å². The van der Waals surface area contributed by atoms with E-state index >= 15 is 0 Å². The van der Waals surface area contributed by atoms with Gasteiger partial charge < -0.3 is 23.5 Å². The summed E-state index contributed by atoms with van der Waals surface area (Å²) in [6, 6.07) is 0. The fourth-order valence-corrected chi connectivity index (χ4v) is 2.04. The zero-order valence-electron chi connectivity index (χ0n) is 12.6. The van der Waals surface area contributed by atoms with E-state index in [-0.39, 0.29) is 6.10 Å². The molecule has 0 saturated carbocycles. The summed E-state index contributed by atoms with van der Waals surface area (Å²) in [6.45, 7) is 4.74. The second kappa shape index (κ2) is 6.30. The van der Waals surface area contributed by atoms with E-state index in [4.69, 9.17) is 9.47 Å². The highest BCUT2D eigenvalue weighted by atomic mass is 16.6. The number of hydrogen-bond acceptors (Lipinski definition) is 3. The molecule has 0 aliphatic carbocycles. The lowest BCUT2D eigenvalue weighted by Crippen LogP contribution is -2.52. The Balaban J connectivity index is 2.15. The number of rotatable bonds is 9. The minimum atomic E-state index is -0.272. The molecular formula is C13H30N2O3+2. The molecule has 5 heteroatoms. The molecular weight excluding hydrogens is 232 g/mol. The summed E-state index contributed by atoms with van der Waals surface area (Å²) in [4.78, 5) is 0. The van der Waals surface area contributed by atoms with Crippen molar-refractivity contribution in [3.63, 3.8) is 0 Å². The number of epoxide rings is 1. The largest absolute Gasteiger partial charge is 0.382 e. The Morgan fingerprint density at radius 2 is 1.83 bits per heavy atom. The number of likely N-dealkylation sites (N-methyl/N-ethyl adjacent to an activating group) is 2. The topological polar surface area (TPSA) is 42.0 Å². The van der Waals surface area contributed by atoms with Crippen LogP contribution in [0.4, 0.5) is 0 Å². The summed E-state index contributed by atoms with van der Waals surface area (Å²) >= 11 is 0. The molecule has 2 unspecified atom stereocenters. The smallest absolute Gasteiger partial charge is 0.152 e. The molecule has 1 N–H and O–H groups in total. The van der Waals surface area contributed by atoms with Crippen LogP contribution in [0.1, 0.15) is 0 Å². The Morgan fingerprint density at radius 1 is 1.22 bits per heavy atom. The van der Waals surface area contributed by atoms with Crippen molar-refractivity contribution in [3.05, 3.63) is 0 Å². The third-order valence-electron chi connectivity index (χ3n) is 3.01. The minimum Gasteiger partial charge on any atom is -0.382 e. The summed E-state index contributed by atoms with van der Waals surface area (Å²) in [7, 11) is 10.6. The fourth-order valence-electron chi connectivity index (χ4n) is 2.04. The van der Waals surface area contributed by atoms with E-state index in [0.717, 1.165) is 41.8 Å². The molecule has 0 radical (unpaired) electrons. The predicted octanol–water partition coefficient (Wildman–Crippen LogP) is -0.455. The van der Waals surface area contributed by atoms with Gasteiger partial charge in [-0.25, -0.2) is 0 Å². The van der Waals surface area contributed by atoms with Crippen LogP contribution in [0.2, 0.25) is 0 Å². The van der Waals surface area contributed by atoms with Gasteiger partial charge in [-0.3, -0.25) is 0 Å². The maximum atomic E-state index is 10.1. The summed E-state index contributed by atoms with van der Waals surface area (Å²) < 4.78 is 12.2. The van der Waals surface area contributed by atoms with Gasteiger partial charge in [0.1, 0.15) is 25.7 Å². The Bertz CT molecular complexity index is 247. The van der Waals surface area contributed by atoms with Crippen LogP contribution in [-0.4, -0.2) is 101 Å². The highest BCUT2D eigenvalue weighted by molar-refractivity contribution is 4.67. The normalized spacial score (nSPS) is 22.0. The molecule has 1 heterocycles. The molecule has 0 aromatic rings. The van der Waals surface area contributed by atoms with E-state index in [0.29, 0.717) is 12.7 Å². The van der Waals surface area contributed by atoms with E-state index in [1.807, 2.05) is 0 Å². The second-order valence-corrected chi connectivity index (χ2v) is 7.00. The molecule has 108 valence electrons. The van der Waals surface area contributed by atoms with Gasteiger partial charge >= 0.3 is 0 Å². The molecule has 1 aliphatic rings. The second-order valence-electron chi connectivity index (χ2n) is 7.00. The summed E-state index contributed by atoms with van der Waals surface area (Å²) in [6.07, 6.45) is 0.0659. The molecule has 0 amide bonds. The first-order valence-corrected chi connectivity index (χ1v) is 6.68. The van der Waals surface area contributed by atoms with Gasteiger partial charge in [0, 0.05) is 0 Å². The number of nitrogens with zero attached hydrogens (tertiary/aromatic N) is 2. The van der Waals surface area contributed by atoms with Crippen LogP contribution >= 0.6 is 0 Å². The van der Waals surface area contributed by atoms with Crippen molar-refractivity contribution < 1.29 is 23.5 Å². The third kappa shape index (κ3) is 8.00. The molecule has 0 spiro atoms. The van der Waals surface area contributed by atoms with E-state index in [1.165, 1.54) is 0 Å². The summed E-state index contributed by atoms with van der Waals surface area (Å²) in [5, 5.41) is 10.1. The summed E-state index contributed by atoms with van der Waals surface area (Å²) in [5.41, 5.74) is 0. The van der Waals surface area contributed by atoms with Gasteiger partial charge in [-0.05, 0) is 0 Å². The van der Waals surface area contributed by atoms with Gasteiger partial charge in [-0.2, -0.15) is 0 Å². The van der Waals surface area contributed by atoms with Crippen molar-refractivity contribution in [2.75, 3.05) is 74.7 Å². The first kappa shape index (κ1) is 15.9. The lowest BCUT2D eigenvalue weighted by molar-refractivity contribution is -0.907. The average Bonchev–Trinajstić information content (AvgIpc) is 2.91. The Morgan fingerprint density at radius 3 is 2.33 bits per heavy atom. The van der Waals surface area contributed by atoms with Crippen LogP contribution in [0.25, 0.3) is 0 Å². The molecule has 5 nitrogen and oxygen atoms in total. The van der Waals surface area contributed by atoms with Gasteiger partial charge in [0.2, 0.25) is 0 Å². The fraction of sp³-hybridized carbons (Fsp3) is 1.00. The number of ether oxygens (including phenoxy) is 2. The summed E-state index contributed by atoms with van der Waals surface area (Å²) in [5.74, 6) is 0. The third-order valence-corrected chi connectivity index (χ3v) is 3.01. The average molecular weight is 262 g/mol. The van der Waals surface area contributed by atoms with Crippen LogP contribution in [0.5, 0.6) is 0 Å². The quantitative estimate of drug-likeness (QED) is 0.347.